The van der Waals surface area contributed by atoms with Crippen molar-refractivity contribution in [2.24, 2.45) is 5.73 Å². The molecule has 1 aliphatic heterocycles. The van der Waals surface area contributed by atoms with Crippen molar-refractivity contribution in [3.8, 4) is 0 Å². The van der Waals surface area contributed by atoms with Crippen LogP contribution in [-0.2, 0) is 0 Å². The molecule has 1 heterocycles. The van der Waals surface area contributed by atoms with E-state index in [1.54, 1.807) is 0 Å². The van der Waals surface area contributed by atoms with E-state index in [0.29, 0.717) is 4.99 Å². The fourth-order valence-electron chi connectivity index (χ4n) is 2.78. The lowest BCUT2D eigenvalue weighted by Gasteiger charge is -2.31. The number of aryl methyl sites for hydroxylation is 1. The Morgan fingerprint density at radius 3 is 2.33 bits per heavy atom. The van der Waals surface area contributed by atoms with Crippen LogP contribution >= 0.6 is 12.2 Å². The summed E-state index contributed by atoms with van der Waals surface area (Å²) in [5.41, 5.74) is 8.56. The van der Waals surface area contributed by atoms with Crippen molar-refractivity contribution in [1.82, 2.24) is 4.90 Å². The highest BCUT2D eigenvalue weighted by Crippen LogP contribution is 2.26. The summed E-state index contributed by atoms with van der Waals surface area (Å²) in [6.07, 6.45) is 5.17. The average Bonchev–Trinajstić information content (AvgIpc) is 2.60. The van der Waals surface area contributed by atoms with E-state index in [4.69, 9.17) is 18.0 Å². The summed E-state index contributed by atoms with van der Waals surface area (Å²) in [6, 6.07) is 8.55. The molecule has 1 unspecified atom stereocenters. The standard InChI is InChI=1S/C15H22N2S/c1-12-8-4-5-9-13(12)14(15(16)18)17-10-6-2-3-7-11-17/h4-5,8-9,14H,2-3,6-7,10-11H2,1H3,(H2,16,18). The summed E-state index contributed by atoms with van der Waals surface area (Å²) in [4.78, 5) is 3.06. The van der Waals surface area contributed by atoms with Crippen LogP contribution in [0.5, 0.6) is 0 Å². The third-order valence-electron chi connectivity index (χ3n) is 3.76. The number of likely N-dealkylation sites (tertiary alicyclic amines) is 1. The minimum absolute atomic E-state index is 0.110. The Balaban J connectivity index is 2.27. The predicted molar refractivity (Wildman–Crippen MR) is 80.7 cm³/mol. The van der Waals surface area contributed by atoms with E-state index in [1.165, 1.54) is 36.8 Å². The lowest BCUT2D eigenvalue weighted by molar-refractivity contribution is 0.254. The van der Waals surface area contributed by atoms with Gasteiger partial charge in [-0.1, -0.05) is 49.3 Å². The molecular formula is C15H22N2S. The molecule has 0 spiro atoms. The molecule has 18 heavy (non-hydrogen) atoms. The van der Waals surface area contributed by atoms with E-state index < -0.39 is 0 Å². The first kappa shape index (κ1) is 13.5. The molecule has 0 aromatic heterocycles. The lowest BCUT2D eigenvalue weighted by atomic mass is 9.99. The second kappa shape index (κ2) is 6.30. The molecule has 3 heteroatoms. The molecule has 0 aliphatic carbocycles. The summed E-state index contributed by atoms with van der Waals surface area (Å²) in [5, 5.41) is 0. The molecule has 98 valence electrons. The van der Waals surface area contributed by atoms with Gasteiger partial charge in [0.15, 0.2) is 0 Å². The number of nitrogens with zero attached hydrogens (tertiary/aromatic N) is 1. The van der Waals surface area contributed by atoms with Gasteiger partial charge in [-0.25, -0.2) is 0 Å². The monoisotopic (exact) mass is 262 g/mol. The largest absolute Gasteiger partial charge is 0.392 e. The van der Waals surface area contributed by atoms with Gasteiger partial charge in [-0.05, 0) is 44.0 Å². The van der Waals surface area contributed by atoms with Crippen LogP contribution in [0.4, 0.5) is 0 Å². The molecule has 1 fully saturated rings. The molecule has 2 N–H and O–H groups in total. The Hall–Kier alpha value is -0.930. The van der Waals surface area contributed by atoms with Gasteiger partial charge in [-0.15, -0.1) is 0 Å². The van der Waals surface area contributed by atoms with Crippen LogP contribution in [0, 0.1) is 6.92 Å². The van der Waals surface area contributed by atoms with Crippen molar-refractivity contribution < 1.29 is 0 Å². The van der Waals surface area contributed by atoms with Gasteiger partial charge in [0, 0.05) is 0 Å². The quantitative estimate of drug-likeness (QED) is 0.848. The number of benzene rings is 1. The fourth-order valence-corrected chi connectivity index (χ4v) is 3.05. The topological polar surface area (TPSA) is 29.3 Å². The van der Waals surface area contributed by atoms with Crippen LogP contribution in [0.15, 0.2) is 24.3 Å². The fraction of sp³-hybridized carbons (Fsp3) is 0.533. The molecule has 2 nitrogen and oxygen atoms in total. The highest BCUT2D eigenvalue weighted by molar-refractivity contribution is 7.80. The van der Waals surface area contributed by atoms with Gasteiger partial charge in [0.2, 0.25) is 0 Å². The summed E-state index contributed by atoms with van der Waals surface area (Å²) in [5.74, 6) is 0. The van der Waals surface area contributed by atoms with E-state index in [-0.39, 0.29) is 6.04 Å². The zero-order valence-corrected chi connectivity index (χ0v) is 11.9. The maximum absolute atomic E-state index is 6.01. The van der Waals surface area contributed by atoms with Crippen molar-refractivity contribution in [2.45, 2.75) is 38.6 Å². The number of rotatable bonds is 3. The van der Waals surface area contributed by atoms with Crippen LogP contribution < -0.4 is 5.73 Å². The zero-order valence-electron chi connectivity index (χ0n) is 11.1. The third-order valence-corrected chi connectivity index (χ3v) is 3.98. The summed E-state index contributed by atoms with van der Waals surface area (Å²) < 4.78 is 0. The molecule has 1 atom stereocenters. The van der Waals surface area contributed by atoms with Crippen molar-refractivity contribution >= 4 is 17.2 Å². The van der Waals surface area contributed by atoms with E-state index in [1.807, 2.05) is 0 Å². The normalized spacial score (nSPS) is 19.2. The first-order valence-electron chi connectivity index (χ1n) is 6.79. The summed E-state index contributed by atoms with van der Waals surface area (Å²) in [6.45, 7) is 4.35. The number of hydrogen-bond acceptors (Lipinski definition) is 2. The first-order chi connectivity index (χ1) is 8.70. The molecule has 0 radical (unpaired) electrons. The Morgan fingerprint density at radius 2 is 1.78 bits per heavy atom. The minimum Gasteiger partial charge on any atom is -0.392 e. The molecular weight excluding hydrogens is 240 g/mol. The van der Waals surface area contributed by atoms with Crippen molar-refractivity contribution in [1.29, 1.82) is 0 Å². The van der Waals surface area contributed by atoms with Crippen molar-refractivity contribution in [3.63, 3.8) is 0 Å². The van der Waals surface area contributed by atoms with Crippen LogP contribution in [0.1, 0.15) is 42.9 Å². The Bertz CT molecular complexity index is 409. The van der Waals surface area contributed by atoms with Gasteiger partial charge >= 0.3 is 0 Å². The Morgan fingerprint density at radius 1 is 1.17 bits per heavy atom. The zero-order chi connectivity index (χ0) is 13.0. The van der Waals surface area contributed by atoms with Crippen LogP contribution in [0.3, 0.4) is 0 Å². The number of hydrogen-bond donors (Lipinski definition) is 1. The lowest BCUT2D eigenvalue weighted by Crippen LogP contribution is -2.37. The van der Waals surface area contributed by atoms with Crippen molar-refractivity contribution in [2.75, 3.05) is 13.1 Å². The van der Waals surface area contributed by atoms with E-state index in [0.717, 1.165) is 13.1 Å². The average molecular weight is 262 g/mol. The maximum atomic E-state index is 6.01. The molecule has 1 saturated heterocycles. The van der Waals surface area contributed by atoms with Gasteiger partial charge in [-0.2, -0.15) is 0 Å². The van der Waals surface area contributed by atoms with Crippen molar-refractivity contribution in [3.05, 3.63) is 35.4 Å². The first-order valence-corrected chi connectivity index (χ1v) is 7.20. The van der Waals surface area contributed by atoms with Gasteiger partial charge in [0.25, 0.3) is 0 Å². The van der Waals surface area contributed by atoms with Gasteiger partial charge in [0.1, 0.15) is 0 Å². The second-order valence-corrected chi connectivity index (χ2v) is 5.58. The van der Waals surface area contributed by atoms with E-state index in [9.17, 15) is 0 Å². The molecule has 1 aromatic carbocycles. The predicted octanol–water partition coefficient (Wildman–Crippen LogP) is 3.20. The Kier molecular flexibility index (Phi) is 4.72. The van der Waals surface area contributed by atoms with E-state index in [2.05, 4.69) is 36.1 Å². The molecule has 0 bridgehead atoms. The van der Waals surface area contributed by atoms with Crippen LogP contribution in [0.2, 0.25) is 0 Å². The summed E-state index contributed by atoms with van der Waals surface area (Å²) in [7, 11) is 0. The molecule has 0 saturated carbocycles. The number of thiocarbonyl (C=S) groups is 1. The molecule has 1 aromatic rings. The molecule has 1 aliphatic rings. The molecule has 2 rings (SSSR count). The molecule has 0 amide bonds. The van der Waals surface area contributed by atoms with Crippen LogP contribution in [-0.4, -0.2) is 23.0 Å². The highest BCUT2D eigenvalue weighted by atomic mass is 32.1. The second-order valence-electron chi connectivity index (χ2n) is 5.11. The number of nitrogens with two attached hydrogens (primary N) is 1. The van der Waals surface area contributed by atoms with Gasteiger partial charge < -0.3 is 5.73 Å². The highest BCUT2D eigenvalue weighted by Gasteiger charge is 2.24. The summed E-state index contributed by atoms with van der Waals surface area (Å²) >= 11 is 5.32. The smallest absolute Gasteiger partial charge is 0.0948 e. The van der Waals surface area contributed by atoms with E-state index >= 15 is 0 Å². The Labute approximate surface area is 115 Å². The maximum Gasteiger partial charge on any atom is 0.0948 e. The third kappa shape index (κ3) is 3.09. The van der Waals surface area contributed by atoms with Gasteiger partial charge in [0.05, 0.1) is 11.0 Å². The van der Waals surface area contributed by atoms with Gasteiger partial charge in [-0.3, -0.25) is 4.90 Å². The van der Waals surface area contributed by atoms with Crippen LogP contribution in [0.25, 0.3) is 0 Å². The minimum atomic E-state index is 0.110. The SMILES string of the molecule is Cc1ccccc1C(C(N)=S)N1CCCCCC1.